The third kappa shape index (κ3) is 10.6. The number of carbonyl (C=O) groups is 4. The Labute approximate surface area is 423 Å². The van der Waals surface area contributed by atoms with Crippen LogP contribution in [0.4, 0.5) is 5.13 Å². The first-order chi connectivity index (χ1) is 34.8. The number of β-lactam (4-membered cyclic amide) rings is 1. The lowest BCUT2D eigenvalue weighted by Gasteiger charge is -2.49. The highest BCUT2D eigenvalue weighted by Gasteiger charge is 2.54. The predicted molar refractivity (Wildman–Crippen MR) is 274 cm³/mol. The van der Waals surface area contributed by atoms with Crippen molar-refractivity contribution in [1.82, 2.24) is 15.2 Å². The molecule has 1 aromatic heterocycles. The molecule has 2 aliphatic rings. The second kappa shape index (κ2) is 22.4. The van der Waals surface area contributed by atoms with Crippen molar-refractivity contribution in [2.24, 2.45) is 5.16 Å². The minimum atomic E-state index is -1.55. The summed E-state index contributed by atoms with van der Waals surface area (Å²) < 4.78 is 17.1. The second-order valence-corrected chi connectivity index (χ2v) is 18.5. The van der Waals surface area contributed by atoms with Crippen LogP contribution in [0.15, 0.2) is 198 Å². The van der Waals surface area contributed by atoms with Gasteiger partial charge in [0, 0.05) is 17.0 Å². The minimum absolute atomic E-state index is 0.00301. The first-order valence-electron chi connectivity index (χ1n) is 22.5. The van der Waals surface area contributed by atoms with E-state index in [9.17, 15) is 19.2 Å². The van der Waals surface area contributed by atoms with Gasteiger partial charge in [-0.3, -0.25) is 14.5 Å². The number of anilines is 1. The summed E-state index contributed by atoms with van der Waals surface area (Å²) in [5.74, 6) is -1.85. The van der Waals surface area contributed by atoms with Gasteiger partial charge in [0.25, 0.3) is 17.9 Å². The zero-order valence-electron chi connectivity index (χ0n) is 38.1. The number of nitrogens with zero attached hydrogens (tertiary/aromatic N) is 3. The second-order valence-electron chi connectivity index (χ2n) is 16.3. The summed E-state index contributed by atoms with van der Waals surface area (Å²) in [5, 5.41) is 11.9. The van der Waals surface area contributed by atoms with Crippen molar-refractivity contribution in [3.63, 3.8) is 0 Å². The minimum Gasteiger partial charge on any atom is -0.497 e. The lowest BCUT2D eigenvalue weighted by atomic mass is 9.77. The van der Waals surface area contributed by atoms with E-state index in [1.54, 1.807) is 36.8 Å². The van der Waals surface area contributed by atoms with Gasteiger partial charge in [0.05, 0.1) is 7.11 Å². The number of hydrogen-bond donors (Lipinski definition) is 2. The number of fused-ring (bicyclic) bond motifs is 1. The Kier molecular flexibility index (Phi) is 15.2. The number of thioether (sulfide) groups is 1. The number of ether oxygens (including phenoxy) is 3. The topological polar surface area (TPSA) is 158 Å². The van der Waals surface area contributed by atoms with Crippen LogP contribution in [-0.4, -0.2) is 70.0 Å². The maximum atomic E-state index is 14.6. The number of esters is 2. The van der Waals surface area contributed by atoms with Crippen molar-refractivity contribution < 1.29 is 38.2 Å². The number of aromatic nitrogens is 1. The van der Waals surface area contributed by atoms with Crippen molar-refractivity contribution in [3.8, 4) is 5.75 Å². The molecule has 3 heterocycles. The van der Waals surface area contributed by atoms with Crippen molar-refractivity contribution in [2.75, 3.05) is 24.1 Å². The van der Waals surface area contributed by atoms with Gasteiger partial charge in [0.1, 0.15) is 46.9 Å². The molecule has 2 N–H and O–H groups in total. The van der Waals surface area contributed by atoms with Gasteiger partial charge in [-0.1, -0.05) is 169 Å². The van der Waals surface area contributed by atoms with Crippen molar-refractivity contribution in [3.05, 3.63) is 232 Å². The molecule has 13 nitrogen and oxygen atoms in total. The monoisotopic (exact) mass is 1000 g/mol. The van der Waals surface area contributed by atoms with Gasteiger partial charge in [-0.05, 0) is 51.1 Å². The average molecular weight is 1000 g/mol. The number of carbonyl (C=O) groups excluding carboxylic acids is 4. The van der Waals surface area contributed by atoms with E-state index in [-0.39, 0.29) is 23.9 Å². The Hall–Kier alpha value is -7.72. The molecule has 0 spiro atoms. The summed E-state index contributed by atoms with van der Waals surface area (Å²) in [5.41, 5.74) is 4.82. The van der Waals surface area contributed by atoms with E-state index >= 15 is 0 Å². The molecule has 6 aromatic carbocycles. The fourth-order valence-electron chi connectivity index (χ4n) is 8.43. The molecule has 7 aromatic rings. The largest absolute Gasteiger partial charge is 0.497 e. The summed E-state index contributed by atoms with van der Waals surface area (Å²) in [6.45, 7) is -0.0410. The molecule has 2 amide bonds. The van der Waals surface area contributed by atoms with Gasteiger partial charge in [0.15, 0.2) is 11.2 Å². The molecule has 16 heteroatoms. The third-order valence-electron chi connectivity index (χ3n) is 11.9. The SMILES string of the molecule is COc1ccc(COC(=O)C2=C(CCl)CSC3C(NC(=O)/C=N\OC(C(=O)OC(c4ccccc4)c4ccccc4)c4csc(NC(c5ccccc5)(c5ccccc5)c5ccccc5)n4)C(=O)N23)cc1. The van der Waals surface area contributed by atoms with Crippen LogP contribution in [0.2, 0.25) is 0 Å². The average Bonchev–Trinajstić information content (AvgIpc) is 3.90. The highest BCUT2D eigenvalue weighted by Crippen LogP contribution is 2.43. The molecular weight excluding hydrogens is 958 g/mol. The van der Waals surface area contributed by atoms with Gasteiger partial charge < -0.3 is 29.7 Å². The zero-order chi connectivity index (χ0) is 49.2. The summed E-state index contributed by atoms with van der Waals surface area (Å²) in [4.78, 5) is 67.4. The maximum absolute atomic E-state index is 14.6. The number of benzene rings is 6. The van der Waals surface area contributed by atoms with Crippen molar-refractivity contribution in [1.29, 1.82) is 0 Å². The van der Waals surface area contributed by atoms with E-state index in [1.807, 2.05) is 152 Å². The number of amides is 2. The third-order valence-corrected chi connectivity index (χ3v) is 14.4. The van der Waals surface area contributed by atoms with Gasteiger partial charge in [-0.2, -0.15) is 0 Å². The van der Waals surface area contributed by atoms with Crippen LogP contribution < -0.4 is 15.4 Å². The number of hydrogen-bond acceptors (Lipinski definition) is 13. The molecule has 1 fully saturated rings. The molecule has 0 aliphatic carbocycles. The van der Waals surface area contributed by atoms with Crippen LogP contribution >= 0.6 is 34.7 Å². The predicted octanol–water partition coefficient (Wildman–Crippen LogP) is 9.57. The molecule has 1 saturated heterocycles. The van der Waals surface area contributed by atoms with Gasteiger partial charge in [-0.15, -0.1) is 34.7 Å². The summed E-state index contributed by atoms with van der Waals surface area (Å²) in [6.07, 6.45) is -1.54. The van der Waals surface area contributed by atoms with E-state index in [4.69, 9.17) is 35.6 Å². The number of methoxy groups -OCH3 is 1. The van der Waals surface area contributed by atoms with E-state index in [2.05, 4.69) is 15.8 Å². The fourth-order valence-corrected chi connectivity index (χ4v) is 10.9. The Morgan fingerprint density at radius 3 is 1.89 bits per heavy atom. The molecule has 2 aliphatic heterocycles. The van der Waals surface area contributed by atoms with Gasteiger partial charge in [-0.25, -0.2) is 14.6 Å². The summed E-state index contributed by atoms with van der Waals surface area (Å²) in [6, 6.07) is 54.7. The molecule has 0 bridgehead atoms. The van der Waals surface area contributed by atoms with E-state index in [0.717, 1.165) is 28.5 Å². The lowest BCUT2D eigenvalue weighted by molar-refractivity contribution is -0.162. The van der Waals surface area contributed by atoms with Crippen LogP contribution in [0.25, 0.3) is 0 Å². The molecule has 3 atom stereocenters. The lowest BCUT2D eigenvalue weighted by Crippen LogP contribution is -2.70. The Morgan fingerprint density at radius 2 is 1.35 bits per heavy atom. The number of oxime groups is 1. The van der Waals surface area contributed by atoms with Crippen LogP contribution in [0, 0.1) is 0 Å². The standard InChI is InChI=1S/C55H46ClN5O8S2/c1-66-43-29-27-36(28-30-43)33-67-52(64)47-39(31-56)34-70-51-46(50(63)61(47)51)59-45(62)32-57-69-49(53(65)68-48(37-17-7-2-8-18-37)38-19-9-3-10-20-38)44-35-71-54(58-44)60-55(40-21-11-4-12-22-40,41-23-13-5-14-24-41)42-25-15-6-16-26-42/h2-30,32,35,46,48-49,51H,31,33-34H2,1H3,(H,58,60)(H,59,62)/b57-32-. The normalized spacial score (nSPS) is 15.9. The van der Waals surface area contributed by atoms with Gasteiger partial charge in [0.2, 0.25) is 0 Å². The quantitative estimate of drug-likeness (QED) is 0.0199. The van der Waals surface area contributed by atoms with Gasteiger partial charge >= 0.3 is 11.9 Å². The van der Waals surface area contributed by atoms with Crippen LogP contribution in [0.5, 0.6) is 5.75 Å². The first kappa shape index (κ1) is 48.3. The van der Waals surface area contributed by atoms with Crippen LogP contribution in [0.1, 0.15) is 51.3 Å². The molecule has 9 rings (SSSR count). The van der Waals surface area contributed by atoms with Crippen LogP contribution in [-0.2, 0) is 45.6 Å². The number of thiazole rings is 1. The van der Waals surface area contributed by atoms with Crippen LogP contribution in [0.3, 0.4) is 0 Å². The molecule has 358 valence electrons. The van der Waals surface area contributed by atoms with E-state index in [1.165, 1.54) is 28.0 Å². The molecule has 71 heavy (non-hydrogen) atoms. The molecule has 0 saturated carbocycles. The maximum Gasteiger partial charge on any atom is 0.357 e. The zero-order valence-corrected chi connectivity index (χ0v) is 40.5. The van der Waals surface area contributed by atoms with E-state index < -0.39 is 52.9 Å². The summed E-state index contributed by atoms with van der Waals surface area (Å²) >= 11 is 8.86. The fraction of sp³-hybridized carbons (Fsp3) is 0.164. The summed E-state index contributed by atoms with van der Waals surface area (Å²) in [7, 11) is 1.56. The van der Waals surface area contributed by atoms with Crippen molar-refractivity contribution in [2.45, 2.75) is 35.8 Å². The van der Waals surface area contributed by atoms with E-state index in [0.29, 0.717) is 33.3 Å². The molecular formula is C55H46ClN5O8S2. The number of halogens is 1. The molecule has 0 radical (unpaired) electrons. The van der Waals surface area contributed by atoms with Crippen molar-refractivity contribution >= 4 is 69.8 Å². The smallest absolute Gasteiger partial charge is 0.357 e. The molecule has 3 unspecified atom stereocenters. The highest BCUT2D eigenvalue weighted by atomic mass is 35.5. The Bertz CT molecular complexity index is 2880. The highest BCUT2D eigenvalue weighted by molar-refractivity contribution is 8.00. The number of alkyl halides is 1. The first-order valence-corrected chi connectivity index (χ1v) is 25.0. The Morgan fingerprint density at radius 1 is 0.803 bits per heavy atom. The number of rotatable bonds is 19. The Balaban J connectivity index is 0.964. The number of nitrogens with one attached hydrogen (secondary N) is 2.